The van der Waals surface area contributed by atoms with Gasteiger partial charge in [0.25, 0.3) is 0 Å². The zero-order chi connectivity index (χ0) is 31.2. The molecule has 0 saturated carbocycles. The minimum absolute atomic E-state index is 0.0531. The number of aromatic nitrogens is 3. The monoisotopic (exact) mass is 620 g/mol. The minimum Gasteiger partial charge on any atom is -0.494 e. The van der Waals surface area contributed by atoms with Crippen molar-refractivity contribution in [1.82, 2.24) is 25.2 Å². The number of para-hydroxylation sites is 1. The molecule has 234 valence electrons. The van der Waals surface area contributed by atoms with E-state index in [0.29, 0.717) is 30.9 Å². The number of hydrogen-bond donors (Lipinski definition) is 3. The molecular weight excluding hydrogens is 580 g/mol. The number of nitrogens with one attached hydrogen (secondary N) is 2. The van der Waals surface area contributed by atoms with Gasteiger partial charge in [-0.15, -0.1) is 16.9 Å². The second-order valence-corrected chi connectivity index (χ2v) is 14.2. The topological polar surface area (TPSA) is 139 Å². The second-order valence-electron chi connectivity index (χ2n) is 12.3. The van der Waals surface area contributed by atoms with Gasteiger partial charge in [0, 0.05) is 10.4 Å². The van der Waals surface area contributed by atoms with Crippen LogP contribution in [0.25, 0.3) is 11.0 Å². The Hall–Kier alpha value is -3.64. The van der Waals surface area contributed by atoms with Crippen LogP contribution in [0.4, 0.5) is 5.69 Å². The van der Waals surface area contributed by atoms with Crippen LogP contribution in [0, 0.1) is 17.8 Å². The molecule has 3 fully saturated rings. The fourth-order valence-corrected chi connectivity index (χ4v) is 9.88. The van der Waals surface area contributed by atoms with E-state index in [2.05, 4.69) is 20.9 Å². The highest BCUT2D eigenvalue weighted by molar-refractivity contribution is 8.02. The van der Waals surface area contributed by atoms with Crippen molar-refractivity contribution in [3.8, 4) is 5.75 Å². The Morgan fingerprint density at radius 1 is 1.14 bits per heavy atom. The average molecular weight is 621 g/mol. The van der Waals surface area contributed by atoms with E-state index in [-0.39, 0.29) is 36.9 Å². The lowest BCUT2D eigenvalue weighted by atomic mass is 9.66. The number of likely N-dealkylation sites (tertiary alicyclic amines) is 1. The smallest absolute Gasteiger partial charge is 0.245 e. The molecule has 3 amide bonds. The standard InChI is InChI=1S/C32H40N6O5S/c1-5-19(3)24(17-39)38-27(29(41)33-18-37-23-10-8-7-9-22(23)35-36-37)32-16-15-31(4,44-32)25(26(32)30(38)42)28(40)34-20-11-13-21(14-12-20)43-6-2/h7-14,19,24-27,39H,5-6,15-18H2,1-4H3,(H,33,41)(H,34,40)/t19-,24-,25+,26-,27?,31-,32?/m0/s1. The maximum absolute atomic E-state index is 14.5. The molecule has 44 heavy (non-hydrogen) atoms. The van der Waals surface area contributed by atoms with Gasteiger partial charge >= 0.3 is 0 Å². The Bertz CT molecular complexity index is 1560. The molecule has 12 heteroatoms. The van der Waals surface area contributed by atoms with Crippen molar-refractivity contribution in [1.29, 1.82) is 0 Å². The maximum Gasteiger partial charge on any atom is 0.245 e. The molecule has 2 aromatic carbocycles. The summed E-state index contributed by atoms with van der Waals surface area (Å²) in [6.45, 7) is 8.29. The van der Waals surface area contributed by atoms with Gasteiger partial charge in [-0.25, -0.2) is 4.68 Å². The number of benzene rings is 2. The first-order chi connectivity index (χ1) is 21.2. The van der Waals surface area contributed by atoms with Crippen molar-refractivity contribution in [2.75, 3.05) is 18.5 Å². The molecule has 1 spiro atoms. The summed E-state index contributed by atoms with van der Waals surface area (Å²) in [5, 5.41) is 25.0. The number of aliphatic hydroxyl groups is 1. The van der Waals surface area contributed by atoms with Crippen LogP contribution in [-0.4, -0.2) is 77.5 Å². The lowest BCUT2D eigenvalue weighted by Crippen LogP contribution is -2.58. The fraction of sp³-hybridized carbons (Fsp3) is 0.531. The molecule has 3 aromatic rings. The quantitative estimate of drug-likeness (QED) is 0.297. The highest BCUT2D eigenvalue weighted by Crippen LogP contribution is 2.71. The van der Waals surface area contributed by atoms with Gasteiger partial charge in [-0.3, -0.25) is 14.4 Å². The van der Waals surface area contributed by atoms with Gasteiger partial charge in [-0.2, -0.15) is 0 Å². The van der Waals surface area contributed by atoms with Gasteiger partial charge in [-0.05, 0) is 69.0 Å². The summed E-state index contributed by atoms with van der Waals surface area (Å²) in [7, 11) is 0. The second kappa shape index (κ2) is 11.7. The third-order valence-corrected chi connectivity index (χ3v) is 11.8. The SMILES string of the molecule is CCOc1ccc(NC(=O)[C@H]2[C@H]3C(=O)N([C@@H](CO)[C@@H](C)CC)C(C(=O)NCn4nnc5ccccc54)C34CC[C@]2(C)S4)cc1. The molecule has 4 heterocycles. The summed E-state index contributed by atoms with van der Waals surface area (Å²) in [5.41, 5.74) is 2.12. The van der Waals surface area contributed by atoms with Crippen molar-refractivity contribution in [3.05, 3.63) is 48.5 Å². The van der Waals surface area contributed by atoms with Gasteiger partial charge in [0.05, 0.1) is 41.4 Å². The fourth-order valence-electron chi connectivity index (χ4n) is 7.54. The Labute approximate surface area is 261 Å². The van der Waals surface area contributed by atoms with Crippen molar-refractivity contribution in [2.45, 2.75) is 75.2 Å². The van der Waals surface area contributed by atoms with E-state index in [0.717, 1.165) is 17.5 Å². The van der Waals surface area contributed by atoms with E-state index in [4.69, 9.17) is 4.74 Å². The van der Waals surface area contributed by atoms with E-state index in [1.165, 1.54) is 0 Å². The molecule has 3 aliphatic heterocycles. The van der Waals surface area contributed by atoms with Crippen molar-refractivity contribution >= 4 is 46.2 Å². The molecule has 0 radical (unpaired) electrons. The van der Waals surface area contributed by atoms with Crippen LogP contribution in [0.2, 0.25) is 0 Å². The van der Waals surface area contributed by atoms with Gasteiger partial charge < -0.3 is 25.4 Å². The number of carbonyl (C=O) groups excluding carboxylic acids is 3. The zero-order valence-corrected chi connectivity index (χ0v) is 26.3. The third kappa shape index (κ3) is 4.82. The highest BCUT2D eigenvalue weighted by atomic mass is 32.2. The minimum atomic E-state index is -0.851. The van der Waals surface area contributed by atoms with Crippen LogP contribution < -0.4 is 15.4 Å². The number of thioether (sulfide) groups is 1. The first kappa shape index (κ1) is 30.4. The number of ether oxygens (including phenoxy) is 1. The van der Waals surface area contributed by atoms with Gasteiger partial charge in [0.15, 0.2) is 0 Å². The Morgan fingerprint density at radius 2 is 1.89 bits per heavy atom. The number of aliphatic hydroxyl groups excluding tert-OH is 1. The predicted molar refractivity (Wildman–Crippen MR) is 168 cm³/mol. The van der Waals surface area contributed by atoms with Crippen LogP contribution in [0.15, 0.2) is 48.5 Å². The normalized spacial score (nSPS) is 28.6. The van der Waals surface area contributed by atoms with Crippen LogP contribution in [0.3, 0.4) is 0 Å². The Morgan fingerprint density at radius 3 is 2.59 bits per heavy atom. The number of anilines is 1. The van der Waals surface area contributed by atoms with Crippen molar-refractivity contribution in [2.24, 2.45) is 17.8 Å². The molecule has 1 aromatic heterocycles. The van der Waals surface area contributed by atoms with Gasteiger partial charge in [0.1, 0.15) is 24.0 Å². The number of nitrogens with zero attached hydrogens (tertiary/aromatic N) is 4. The first-order valence-electron chi connectivity index (χ1n) is 15.4. The predicted octanol–water partition coefficient (Wildman–Crippen LogP) is 3.43. The maximum atomic E-state index is 14.5. The number of fused-ring (bicyclic) bond motifs is 2. The van der Waals surface area contributed by atoms with Crippen LogP contribution in [-0.2, 0) is 21.1 Å². The zero-order valence-electron chi connectivity index (χ0n) is 25.5. The molecule has 11 nitrogen and oxygen atoms in total. The lowest BCUT2D eigenvalue weighted by Gasteiger charge is -2.39. The summed E-state index contributed by atoms with van der Waals surface area (Å²) >= 11 is 1.60. The average Bonchev–Trinajstić information content (AvgIpc) is 3.73. The number of hydrogen-bond acceptors (Lipinski definition) is 8. The van der Waals surface area contributed by atoms with E-state index in [1.54, 1.807) is 45.6 Å². The summed E-state index contributed by atoms with van der Waals surface area (Å²) in [4.78, 5) is 44.5. The molecule has 3 saturated heterocycles. The molecule has 7 atom stereocenters. The molecule has 2 unspecified atom stereocenters. The molecule has 3 N–H and O–H groups in total. The van der Waals surface area contributed by atoms with E-state index in [9.17, 15) is 19.5 Å². The van der Waals surface area contributed by atoms with E-state index < -0.39 is 33.4 Å². The first-order valence-corrected chi connectivity index (χ1v) is 16.2. The highest BCUT2D eigenvalue weighted by Gasteiger charge is 2.77. The summed E-state index contributed by atoms with van der Waals surface area (Å²) < 4.78 is 5.83. The van der Waals surface area contributed by atoms with Crippen LogP contribution in [0.5, 0.6) is 5.75 Å². The summed E-state index contributed by atoms with van der Waals surface area (Å²) in [5.74, 6) is -1.47. The van der Waals surface area contributed by atoms with Crippen LogP contribution >= 0.6 is 11.8 Å². The number of carbonyl (C=O) groups is 3. The van der Waals surface area contributed by atoms with Crippen LogP contribution in [0.1, 0.15) is 47.0 Å². The summed E-state index contributed by atoms with van der Waals surface area (Å²) in [6, 6.07) is 13.3. The summed E-state index contributed by atoms with van der Waals surface area (Å²) in [6.07, 6.45) is 2.04. The molecular formula is C32H40N6O5S. The van der Waals surface area contributed by atoms with Gasteiger partial charge in [-0.1, -0.05) is 37.6 Å². The largest absolute Gasteiger partial charge is 0.494 e. The molecule has 6 rings (SSSR count). The van der Waals surface area contributed by atoms with E-state index in [1.807, 2.05) is 52.0 Å². The third-order valence-electron chi connectivity index (χ3n) is 9.85. The Kier molecular flexibility index (Phi) is 8.08. The molecule has 2 bridgehead atoms. The van der Waals surface area contributed by atoms with E-state index >= 15 is 0 Å². The lowest BCUT2D eigenvalue weighted by molar-refractivity contribution is -0.143. The van der Waals surface area contributed by atoms with Crippen molar-refractivity contribution in [3.63, 3.8) is 0 Å². The Balaban J connectivity index is 1.32. The number of amides is 3. The number of rotatable bonds is 11. The molecule has 3 aliphatic rings. The van der Waals surface area contributed by atoms with Crippen molar-refractivity contribution < 1.29 is 24.2 Å². The van der Waals surface area contributed by atoms with Gasteiger partial charge in [0.2, 0.25) is 17.7 Å². The molecule has 0 aliphatic carbocycles.